The van der Waals surface area contributed by atoms with E-state index < -0.39 is 12.0 Å². The van der Waals surface area contributed by atoms with Crippen LogP contribution in [-0.2, 0) is 0 Å². The van der Waals surface area contributed by atoms with E-state index in [1.165, 1.54) is 7.05 Å². The minimum absolute atomic E-state index is 0.0427. The fraction of sp³-hybridized carbons (Fsp3) is 0.714. The molecule has 1 aliphatic heterocycles. The molecular weight excluding hydrogens is 169 g/mol. The van der Waals surface area contributed by atoms with E-state index in [0.717, 1.165) is 4.58 Å². The Morgan fingerprint density at radius 3 is 2.08 bits per heavy atom. The highest BCUT2D eigenvalue weighted by Gasteiger charge is 2.48. The van der Waals surface area contributed by atoms with Crippen molar-refractivity contribution in [3.05, 3.63) is 0 Å². The largest absolute Gasteiger partial charge is 0.482 e. The Balaban J connectivity index is 2.79. The van der Waals surface area contributed by atoms with Crippen LogP contribution >= 0.6 is 0 Å². The van der Waals surface area contributed by atoms with Gasteiger partial charge >= 0.3 is 12.0 Å². The lowest BCUT2D eigenvalue weighted by atomic mass is 10.1. The zero-order valence-electron chi connectivity index (χ0n) is 7.11. The molecule has 1 rings (SSSR count). The van der Waals surface area contributed by atoms with Gasteiger partial charge in [-0.05, 0) is 0 Å². The molecule has 5 heteroatoms. The Hall–Kier alpha value is -0.870. The first kappa shape index (κ1) is 9.22. The molecule has 0 aromatic carbocycles. The van der Waals surface area contributed by atoms with E-state index in [1.807, 2.05) is 13.8 Å². The van der Waals surface area contributed by atoms with Crippen LogP contribution in [0, 0.1) is 5.92 Å². The number of amidine groups is 2. The van der Waals surface area contributed by atoms with Gasteiger partial charge in [0.15, 0.2) is 0 Å². The van der Waals surface area contributed by atoms with Crippen molar-refractivity contribution in [3.63, 3.8) is 0 Å². The lowest BCUT2D eigenvalue weighted by Crippen LogP contribution is -2.44. The molecule has 0 radical (unpaired) electrons. The highest BCUT2D eigenvalue weighted by molar-refractivity contribution is 6.03. The van der Waals surface area contributed by atoms with E-state index in [1.54, 1.807) is 0 Å². The Morgan fingerprint density at radius 1 is 1.33 bits per heavy atom. The van der Waals surface area contributed by atoms with Crippen LogP contribution in [0.15, 0.2) is 4.99 Å². The van der Waals surface area contributed by atoms with E-state index in [4.69, 9.17) is 0 Å². The molecule has 0 amide bonds. The van der Waals surface area contributed by atoms with Crippen molar-refractivity contribution in [1.82, 2.24) is 0 Å². The zero-order chi connectivity index (χ0) is 9.52. The summed E-state index contributed by atoms with van der Waals surface area (Å²) in [6.07, 6.45) is -4.31. The number of aliphatic imine (C=N–C) groups is 1. The van der Waals surface area contributed by atoms with Gasteiger partial charge in [0.2, 0.25) is 5.84 Å². The maximum Gasteiger partial charge on any atom is 0.482 e. The van der Waals surface area contributed by atoms with E-state index in [-0.39, 0.29) is 5.92 Å². The van der Waals surface area contributed by atoms with Gasteiger partial charge in [0.1, 0.15) is 0 Å². The maximum absolute atomic E-state index is 12.0. The molecule has 0 atom stereocenters. The van der Waals surface area contributed by atoms with Gasteiger partial charge < -0.3 is 0 Å². The fourth-order valence-electron chi connectivity index (χ4n) is 1.09. The molecule has 0 saturated carbocycles. The van der Waals surface area contributed by atoms with Crippen molar-refractivity contribution < 1.29 is 17.7 Å². The summed E-state index contributed by atoms with van der Waals surface area (Å²) in [5.74, 6) is -0.269. The van der Waals surface area contributed by atoms with Crippen molar-refractivity contribution in [2.75, 3.05) is 7.05 Å². The smallest absolute Gasteiger partial charge is 0.229 e. The summed E-state index contributed by atoms with van der Waals surface area (Å²) < 4.78 is 37.1. The molecule has 68 valence electrons. The lowest BCUT2D eigenvalue weighted by Gasteiger charge is -2.18. The molecule has 0 aliphatic carbocycles. The van der Waals surface area contributed by atoms with Crippen LogP contribution in [-0.4, -0.2) is 29.5 Å². The molecule has 0 spiro atoms. The van der Waals surface area contributed by atoms with Crippen LogP contribution in [0.4, 0.5) is 13.2 Å². The van der Waals surface area contributed by atoms with Gasteiger partial charge in [-0.2, -0.15) is 13.2 Å². The Kier molecular flexibility index (Phi) is 1.97. The van der Waals surface area contributed by atoms with Crippen molar-refractivity contribution in [1.29, 1.82) is 0 Å². The number of halogens is 3. The molecule has 0 N–H and O–H groups in total. The molecular formula is C7H10F3N2+. The molecule has 1 aliphatic rings. The average Bonchev–Trinajstić information content (AvgIpc) is 1.80. The second kappa shape index (κ2) is 2.57. The maximum atomic E-state index is 12.0. The molecule has 0 unspecified atom stereocenters. The topological polar surface area (TPSA) is 15.4 Å². The van der Waals surface area contributed by atoms with Gasteiger partial charge in [-0.25, -0.2) is 4.58 Å². The quantitative estimate of drug-likeness (QED) is 0.544. The monoisotopic (exact) mass is 179 g/mol. The Bertz CT molecular complexity index is 260. The summed E-state index contributed by atoms with van der Waals surface area (Å²) in [6.45, 7) is 3.62. The number of hydrogen-bond donors (Lipinski definition) is 0. The number of rotatable bonds is 1. The second-order valence-corrected chi connectivity index (χ2v) is 3.01. The summed E-state index contributed by atoms with van der Waals surface area (Å²) in [6, 6.07) is 0. The van der Waals surface area contributed by atoms with Crippen LogP contribution in [0.1, 0.15) is 13.8 Å². The molecule has 0 saturated heterocycles. The van der Waals surface area contributed by atoms with Crippen molar-refractivity contribution in [2.24, 2.45) is 10.9 Å². The van der Waals surface area contributed by atoms with Gasteiger partial charge in [0, 0.05) is 5.92 Å². The minimum atomic E-state index is -4.31. The second-order valence-electron chi connectivity index (χ2n) is 3.01. The van der Waals surface area contributed by atoms with Gasteiger partial charge in [-0.1, -0.05) is 18.8 Å². The summed E-state index contributed by atoms with van der Waals surface area (Å²) in [5.41, 5.74) is 0. The standard InChI is InChI=1S/C7H10F3N2/c1-4(2)5-11-6(12(5)3)7(8,9)10/h4H,1-3H3/q+1. The molecule has 0 aromatic heterocycles. The van der Waals surface area contributed by atoms with E-state index in [0.29, 0.717) is 5.84 Å². The van der Waals surface area contributed by atoms with Crippen LogP contribution in [0.25, 0.3) is 0 Å². The summed E-state index contributed by atoms with van der Waals surface area (Å²) in [5, 5.41) is 0. The number of alkyl halides is 3. The van der Waals surface area contributed by atoms with Crippen molar-refractivity contribution in [2.45, 2.75) is 20.0 Å². The molecule has 0 aromatic rings. The summed E-state index contributed by atoms with van der Waals surface area (Å²) >= 11 is 0. The first-order valence-electron chi connectivity index (χ1n) is 3.60. The average molecular weight is 179 g/mol. The zero-order valence-corrected chi connectivity index (χ0v) is 7.11. The highest BCUT2D eigenvalue weighted by atomic mass is 19.4. The third-order valence-corrected chi connectivity index (χ3v) is 1.65. The summed E-state index contributed by atoms with van der Waals surface area (Å²) in [4.78, 5) is 3.41. The number of hydrogen-bond acceptors (Lipinski definition) is 1. The molecule has 0 bridgehead atoms. The SMILES string of the molecule is CC(C)C1=NC(C(F)(F)F)=[N+]1C. The van der Waals surface area contributed by atoms with Gasteiger partial charge in [-0.3, -0.25) is 0 Å². The lowest BCUT2D eigenvalue weighted by molar-refractivity contribution is -0.404. The van der Waals surface area contributed by atoms with Gasteiger partial charge in [0.05, 0.1) is 7.05 Å². The fourth-order valence-corrected chi connectivity index (χ4v) is 1.09. The van der Waals surface area contributed by atoms with Crippen molar-refractivity contribution in [3.8, 4) is 0 Å². The first-order valence-corrected chi connectivity index (χ1v) is 3.60. The molecule has 2 nitrogen and oxygen atoms in total. The van der Waals surface area contributed by atoms with Gasteiger partial charge in [-0.15, -0.1) is 0 Å². The normalized spacial score (nSPS) is 18.1. The van der Waals surface area contributed by atoms with Crippen LogP contribution in [0.5, 0.6) is 0 Å². The predicted molar refractivity (Wildman–Crippen MR) is 39.5 cm³/mol. The Labute approximate surface area is 68.4 Å². The Morgan fingerprint density at radius 2 is 1.83 bits per heavy atom. The van der Waals surface area contributed by atoms with E-state index >= 15 is 0 Å². The van der Waals surface area contributed by atoms with E-state index in [2.05, 4.69) is 4.99 Å². The van der Waals surface area contributed by atoms with Crippen molar-refractivity contribution >= 4 is 11.7 Å². The van der Waals surface area contributed by atoms with Gasteiger partial charge in [0.25, 0.3) is 0 Å². The third kappa shape index (κ3) is 1.35. The minimum Gasteiger partial charge on any atom is -0.229 e. The van der Waals surface area contributed by atoms with Crippen LogP contribution < -0.4 is 0 Å². The van der Waals surface area contributed by atoms with Crippen LogP contribution in [0.2, 0.25) is 0 Å². The summed E-state index contributed by atoms with van der Waals surface area (Å²) in [7, 11) is 1.38. The molecule has 0 fully saturated rings. The molecule has 1 heterocycles. The third-order valence-electron chi connectivity index (χ3n) is 1.65. The molecule has 12 heavy (non-hydrogen) atoms. The highest BCUT2D eigenvalue weighted by Crippen LogP contribution is 2.23. The first-order chi connectivity index (χ1) is 5.34. The predicted octanol–water partition coefficient (Wildman–Crippen LogP) is 1.66. The van der Waals surface area contributed by atoms with E-state index in [9.17, 15) is 13.2 Å². The van der Waals surface area contributed by atoms with Crippen LogP contribution in [0.3, 0.4) is 0 Å². The number of nitrogens with zero attached hydrogens (tertiary/aromatic N) is 2.